The lowest BCUT2D eigenvalue weighted by Gasteiger charge is -2.21. The summed E-state index contributed by atoms with van der Waals surface area (Å²) in [7, 11) is 0. The first-order chi connectivity index (χ1) is 14.0. The number of para-hydroxylation sites is 1. The lowest BCUT2D eigenvalue weighted by Crippen LogP contribution is -2.31. The molecule has 1 amide bonds. The number of hydrogen-bond donors (Lipinski definition) is 0. The van der Waals surface area contributed by atoms with Gasteiger partial charge in [0.2, 0.25) is 0 Å². The molecule has 1 heterocycles. The number of benzene rings is 3. The smallest absolute Gasteiger partial charge is 0.273 e. The molecule has 0 radical (unpaired) electrons. The number of anilines is 1. The van der Waals surface area contributed by atoms with Crippen LogP contribution in [0, 0.1) is 17.0 Å². The average molecular weight is 403 g/mol. The maximum absolute atomic E-state index is 13.5. The predicted molar refractivity (Wildman–Crippen MR) is 114 cm³/mol. The lowest BCUT2D eigenvalue weighted by molar-refractivity contribution is -0.385. The number of nitro benzene ring substituents is 1. The Morgan fingerprint density at radius 1 is 1.03 bits per heavy atom. The molecule has 0 spiro atoms. The van der Waals surface area contributed by atoms with Crippen LogP contribution in [0.15, 0.2) is 72.8 Å². The second-order valence-electron chi connectivity index (χ2n) is 6.55. The first-order valence-electron chi connectivity index (χ1n) is 9.00. The molecule has 0 N–H and O–H groups in total. The Balaban J connectivity index is 1.80. The van der Waals surface area contributed by atoms with Gasteiger partial charge in [-0.3, -0.25) is 19.8 Å². The molecule has 29 heavy (non-hydrogen) atoms. The summed E-state index contributed by atoms with van der Waals surface area (Å²) in [5, 5.41) is 11.9. The summed E-state index contributed by atoms with van der Waals surface area (Å²) >= 11 is 1.42. The third kappa shape index (κ3) is 3.72. The van der Waals surface area contributed by atoms with E-state index >= 15 is 0 Å². The van der Waals surface area contributed by atoms with E-state index in [1.165, 1.54) is 23.5 Å². The van der Waals surface area contributed by atoms with Gasteiger partial charge >= 0.3 is 0 Å². The Bertz CT molecular complexity index is 1170. The van der Waals surface area contributed by atoms with E-state index in [9.17, 15) is 14.9 Å². The Kier molecular flexibility index (Phi) is 5.05. The van der Waals surface area contributed by atoms with Gasteiger partial charge in [-0.1, -0.05) is 59.9 Å². The number of carbonyl (C=O) groups excluding carboxylic acids is 1. The van der Waals surface area contributed by atoms with Gasteiger partial charge < -0.3 is 0 Å². The highest BCUT2D eigenvalue weighted by molar-refractivity contribution is 7.22. The normalized spacial score (nSPS) is 10.8. The van der Waals surface area contributed by atoms with Crippen molar-refractivity contribution in [3.8, 4) is 0 Å². The summed E-state index contributed by atoms with van der Waals surface area (Å²) in [6.07, 6.45) is 0. The molecule has 4 aromatic rings. The number of nitrogens with zero attached hydrogens (tertiary/aromatic N) is 3. The van der Waals surface area contributed by atoms with E-state index in [-0.39, 0.29) is 11.6 Å². The van der Waals surface area contributed by atoms with Gasteiger partial charge in [0.15, 0.2) is 5.13 Å². The molecule has 3 aromatic carbocycles. The largest absolute Gasteiger partial charge is 0.279 e. The van der Waals surface area contributed by atoms with Crippen LogP contribution in [0.5, 0.6) is 0 Å². The predicted octanol–water partition coefficient (Wildman–Crippen LogP) is 5.36. The maximum atomic E-state index is 13.5. The molecule has 0 unspecified atom stereocenters. The van der Waals surface area contributed by atoms with E-state index in [0.717, 1.165) is 15.8 Å². The lowest BCUT2D eigenvalue weighted by atomic mass is 10.1. The molecule has 0 saturated carbocycles. The van der Waals surface area contributed by atoms with Crippen molar-refractivity contribution in [2.75, 3.05) is 4.90 Å². The SMILES string of the molecule is Cc1c(C(=O)N(Cc2ccccc2)c2nc3ccccc3s2)cccc1[N+](=O)[O-]. The van der Waals surface area contributed by atoms with Crippen LogP contribution in [-0.4, -0.2) is 15.8 Å². The van der Waals surface area contributed by atoms with Crippen molar-refractivity contribution in [1.82, 2.24) is 4.98 Å². The van der Waals surface area contributed by atoms with Gasteiger partial charge in [0.25, 0.3) is 11.6 Å². The molecule has 1 aromatic heterocycles. The van der Waals surface area contributed by atoms with E-state index < -0.39 is 4.92 Å². The van der Waals surface area contributed by atoms with Crippen molar-refractivity contribution < 1.29 is 9.72 Å². The van der Waals surface area contributed by atoms with Gasteiger partial charge in [0, 0.05) is 17.2 Å². The van der Waals surface area contributed by atoms with Gasteiger partial charge in [-0.2, -0.15) is 0 Å². The van der Waals surface area contributed by atoms with Crippen molar-refractivity contribution in [1.29, 1.82) is 0 Å². The number of nitro groups is 1. The number of hydrogen-bond acceptors (Lipinski definition) is 5. The monoisotopic (exact) mass is 403 g/mol. The van der Waals surface area contributed by atoms with Crippen LogP contribution < -0.4 is 4.90 Å². The molecule has 0 bridgehead atoms. The number of carbonyl (C=O) groups is 1. The fourth-order valence-corrected chi connectivity index (χ4v) is 4.13. The highest BCUT2D eigenvalue weighted by atomic mass is 32.1. The van der Waals surface area contributed by atoms with Crippen molar-refractivity contribution in [3.05, 3.63) is 99.6 Å². The zero-order chi connectivity index (χ0) is 20.4. The molecule has 0 atom stereocenters. The van der Waals surface area contributed by atoms with Gasteiger partial charge in [-0.25, -0.2) is 4.98 Å². The number of thiazole rings is 1. The molecule has 144 valence electrons. The number of fused-ring (bicyclic) bond motifs is 1. The summed E-state index contributed by atoms with van der Waals surface area (Å²) in [5.74, 6) is -0.311. The first-order valence-corrected chi connectivity index (χ1v) is 9.81. The summed E-state index contributed by atoms with van der Waals surface area (Å²) in [4.78, 5) is 30.6. The van der Waals surface area contributed by atoms with E-state index in [4.69, 9.17) is 0 Å². The minimum absolute atomic E-state index is 0.0696. The second-order valence-corrected chi connectivity index (χ2v) is 7.56. The summed E-state index contributed by atoms with van der Waals surface area (Å²) in [6.45, 7) is 1.92. The van der Waals surface area contributed by atoms with Gasteiger partial charge in [-0.05, 0) is 30.7 Å². The highest BCUT2D eigenvalue weighted by Gasteiger charge is 2.25. The Hall–Kier alpha value is -3.58. The number of rotatable bonds is 5. The second kappa shape index (κ2) is 7.81. The fraction of sp³-hybridized carbons (Fsp3) is 0.0909. The Morgan fingerprint density at radius 3 is 2.48 bits per heavy atom. The van der Waals surface area contributed by atoms with Gasteiger partial charge in [0.1, 0.15) is 0 Å². The summed E-state index contributed by atoms with van der Waals surface area (Å²) in [5.41, 5.74) is 2.34. The number of aromatic nitrogens is 1. The maximum Gasteiger partial charge on any atom is 0.273 e. The van der Waals surface area contributed by atoms with Crippen molar-refractivity contribution in [2.45, 2.75) is 13.5 Å². The van der Waals surface area contributed by atoms with E-state index in [0.29, 0.717) is 22.8 Å². The minimum Gasteiger partial charge on any atom is -0.279 e. The van der Waals surface area contributed by atoms with Gasteiger partial charge in [0.05, 0.1) is 21.7 Å². The molecule has 0 aliphatic carbocycles. The molecule has 6 nitrogen and oxygen atoms in total. The van der Waals surface area contributed by atoms with Crippen molar-refractivity contribution in [3.63, 3.8) is 0 Å². The third-order valence-corrected chi connectivity index (χ3v) is 5.73. The average Bonchev–Trinajstić information content (AvgIpc) is 3.16. The van der Waals surface area contributed by atoms with Crippen LogP contribution in [0.1, 0.15) is 21.5 Å². The minimum atomic E-state index is -0.467. The Labute approximate surface area is 171 Å². The highest BCUT2D eigenvalue weighted by Crippen LogP contribution is 2.32. The zero-order valence-electron chi connectivity index (χ0n) is 15.6. The molecular formula is C22H17N3O3S. The van der Waals surface area contributed by atoms with Gasteiger partial charge in [-0.15, -0.1) is 0 Å². The van der Waals surface area contributed by atoms with E-state index in [1.807, 2.05) is 54.6 Å². The van der Waals surface area contributed by atoms with Crippen molar-refractivity contribution >= 4 is 38.3 Å². The van der Waals surface area contributed by atoms with E-state index in [1.54, 1.807) is 17.9 Å². The summed E-state index contributed by atoms with van der Waals surface area (Å²) < 4.78 is 0.976. The fourth-order valence-electron chi connectivity index (χ4n) is 3.17. The molecule has 0 saturated heterocycles. The van der Waals surface area contributed by atoms with Crippen LogP contribution in [-0.2, 0) is 6.54 Å². The standard InChI is InChI=1S/C22H17N3O3S/c1-15-17(10-7-12-19(15)25(27)28)21(26)24(14-16-8-3-2-4-9-16)22-23-18-11-5-6-13-20(18)29-22/h2-13H,14H2,1H3. The van der Waals surface area contributed by atoms with Crippen LogP contribution in [0.25, 0.3) is 10.2 Å². The molecule has 4 rings (SSSR count). The first kappa shape index (κ1) is 18.8. The topological polar surface area (TPSA) is 76.3 Å². The zero-order valence-corrected chi connectivity index (χ0v) is 16.4. The van der Waals surface area contributed by atoms with E-state index in [2.05, 4.69) is 4.98 Å². The van der Waals surface area contributed by atoms with Crippen LogP contribution >= 0.6 is 11.3 Å². The van der Waals surface area contributed by atoms with Crippen LogP contribution in [0.4, 0.5) is 10.8 Å². The Morgan fingerprint density at radius 2 is 1.76 bits per heavy atom. The molecule has 0 fully saturated rings. The third-order valence-electron chi connectivity index (χ3n) is 4.67. The molecule has 0 aliphatic heterocycles. The molecule has 0 aliphatic rings. The molecule has 7 heteroatoms. The molecular weight excluding hydrogens is 386 g/mol. The summed E-state index contributed by atoms with van der Waals surface area (Å²) in [6, 6.07) is 21.9. The van der Waals surface area contributed by atoms with Crippen LogP contribution in [0.3, 0.4) is 0 Å². The van der Waals surface area contributed by atoms with Crippen molar-refractivity contribution in [2.24, 2.45) is 0 Å². The number of amides is 1. The quantitative estimate of drug-likeness (QED) is 0.332. The van der Waals surface area contributed by atoms with Crippen LogP contribution in [0.2, 0.25) is 0 Å².